The van der Waals surface area contributed by atoms with E-state index in [1.54, 1.807) is 90.3 Å². The minimum absolute atomic E-state index is 0.00791. The van der Waals surface area contributed by atoms with Gasteiger partial charge < -0.3 is 18.3 Å². The van der Waals surface area contributed by atoms with Gasteiger partial charge in [0.25, 0.3) is 0 Å². The van der Waals surface area contributed by atoms with E-state index in [1.165, 1.54) is 6.07 Å². The molecule has 0 aliphatic heterocycles. The summed E-state index contributed by atoms with van der Waals surface area (Å²) in [6.45, 7) is 4.07. The molecule has 20 rings (SSSR count). The van der Waals surface area contributed by atoms with Gasteiger partial charge in [0, 0.05) is 104 Å². The quantitative estimate of drug-likeness (QED) is 0.0268. The summed E-state index contributed by atoms with van der Waals surface area (Å²) < 4.78 is 138. The number of hydrogen-bond donors (Lipinski definition) is 0. The topological polar surface area (TPSA) is 218 Å². The van der Waals surface area contributed by atoms with E-state index in [2.05, 4.69) is 44.0 Å². The highest BCUT2D eigenvalue weighted by Gasteiger charge is 2.36. The largest absolute Gasteiger partial charge is 0.433 e. The van der Waals surface area contributed by atoms with Crippen molar-refractivity contribution in [2.45, 2.75) is 199 Å². The van der Waals surface area contributed by atoms with E-state index in [9.17, 15) is 58.7 Å². The zero-order chi connectivity index (χ0) is 84.1. The lowest BCUT2D eigenvalue weighted by molar-refractivity contribution is -0.141. The molecule has 4 saturated carbocycles. The van der Waals surface area contributed by atoms with Crippen LogP contribution in [0.3, 0.4) is 0 Å². The van der Waals surface area contributed by atoms with Gasteiger partial charge in [-0.25, -0.2) is 34.1 Å². The molecule has 4 aliphatic rings. The van der Waals surface area contributed by atoms with Gasteiger partial charge in [0.05, 0.1) is 153 Å². The van der Waals surface area contributed by atoms with Gasteiger partial charge in [-0.2, -0.15) is 26.3 Å². The maximum absolute atomic E-state index is 13.3. The van der Waals surface area contributed by atoms with Crippen LogP contribution < -0.4 is 22.8 Å². The Kier molecular flexibility index (Phi) is 23.1. The molecule has 23 nitrogen and oxygen atoms in total. The van der Waals surface area contributed by atoms with Crippen LogP contribution in [0.15, 0.2) is 172 Å². The molecule has 4 aliphatic carbocycles. The van der Waals surface area contributed by atoms with Crippen molar-refractivity contribution in [2.24, 2.45) is 0 Å². The predicted molar refractivity (Wildman–Crippen MR) is 447 cm³/mol. The van der Waals surface area contributed by atoms with Crippen molar-refractivity contribution in [3.63, 3.8) is 0 Å². The summed E-state index contributed by atoms with van der Waals surface area (Å²) in [6.07, 6.45) is 12.0. The fraction of sp³-hybridized carbons (Fsp3) is 0.391. The van der Waals surface area contributed by atoms with Gasteiger partial charge in [-0.1, -0.05) is 35.3 Å². The van der Waals surface area contributed by atoms with E-state index in [0.29, 0.717) is 103 Å². The molecule has 1 aromatic carbocycles. The van der Waals surface area contributed by atoms with Crippen LogP contribution in [0.2, 0.25) is 10.3 Å². The van der Waals surface area contributed by atoms with Gasteiger partial charge in [0.1, 0.15) is 16.0 Å². The Balaban J connectivity index is 0.000000115. The van der Waals surface area contributed by atoms with Gasteiger partial charge in [-0.3, -0.25) is 69.6 Å². The molecular formula is C87H86Cl2F9N19O4. The first-order valence-electron chi connectivity index (χ1n) is 40.9. The first-order chi connectivity index (χ1) is 58.5. The molecule has 16 aromatic rings. The molecule has 0 amide bonds. The maximum atomic E-state index is 13.3. The molecule has 15 heterocycles. The monoisotopic (exact) mass is 1700 g/mol. The number of aromatic nitrogens is 19. The second-order valence-corrected chi connectivity index (χ2v) is 32.3. The van der Waals surface area contributed by atoms with Gasteiger partial charge in [-0.15, -0.1) is 0 Å². The summed E-state index contributed by atoms with van der Waals surface area (Å²) in [5, 5.41) is 0.742. The van der Waals surface area contributed by atoms with Crippen molar-refractivity contribution >= 4 is 111 Å². The van der Waals surface area contributed by atoms with E-state index in [-0.39, 0.29) is 85.8 Å². The standard InChI is InChI=1S/C22H20ClF3N4O.C22H23ClFN5O.C22H21F4N5O.C21H22FN5O/c23-20-9-8-17-16(27-20)12-15(28(17)11-3-10-22(24,25)26)13-29-18-4-1-2-5-19(18)30(21(29)31)14-6-7-14;1-14-10-19-20(12-25-14)28(22(30)29(19)15-4-5-15)13-16-11-17-18(6-7-21(23)26-17)27(16)9-3-2-8-24;23-8-1-2-10-29-15(11-16-17(29)5-6-20(28-16)22(24,25)26)13-30-19-12-27-9-7-18(19)31(21(30)32)14-3-4-14;22-8-1-2-11-25-16(12-17-18(25)4-3-9-24-17)14-26-20-13-23-10-7-19(20)27(21(26)28)15-5-6-15/h1-2,4-5,8-9,12,14H,3,6-7,10-11,13H2;6-7,10-12,15H,2-5,8-9,13H2,1H3;5-7,9,11-12,14H,1-4,8,10,13H2;3-4,7,9-10,12-13,15H,1-2,5-6,8,11,14H2. The highest BCUT2D eigenvalue weighted by atomic mass is 35.5. The number of unbranched alkanes of at least 4 members (excludes halogenated alkanes) is 3. The Hall–Kier alpha value is -11.5. The van der Waals surface area contributed by atoms with E-state index in [4.69, 9.17) is 23.2 Å². The summed E-state index contributed by atoms with van der Waals surface area (Å²) in [6, 6.07) is 35.1. The normalized spacial score (nSPS) is 14.5. The predicted octanol–water partition coefficient (Wildman–Crippen LogP) is 18.6. The number of nitrogens with zero attached hydrogens (tertiary/aromatic N) is 19. The fourth-order valence-electron chi connectivity index (χ4n) is 16.7. The van der Waals surface area contributed by atoms with Crippen molar-refractivity contribution in [3.05, 3.63) is 239 Å². The molecule has 4 fully saturated rings. The van der Waals surface area contributed by atoms with E-state index >= 15 is 0 Å². The summed E-state index contributed by atoms with van der Waals surface area (Å²) in [7, 11) is 0. The lowest BCUT2D eigenvalue weighted by Gasteiger charge is -2.12. The summed E-state index contributed by atoms with van der Waals surface area (Å²) in [5.41, 5.74) is 15.5. The van der Waals surface area contributed by atoms with Gasteiger partial charge >= 0.3 is 35.1 Å². The third-order valence-corrected chi connectivity index (χ3v) is 23.4. The van der Waals surface area contributed by atoms with Crippen LogP contribution in [0.25, 0.3) is 88.3 Å². The zero-order valence-corrected chi connectivity index (χ0v) is 67.6. The maximum Gasteiger partial charge on any atom is 0.433 e. The third kappa shape index (κ3) is 17.1. The lowest BCUT2D eigenvalue weighted by Crippen LogP contribution is -2.25. The smallest absolute Gasteiger partial charge is 0.342 e. The summed E-state index contributed by atoms with van der Waals surface area (Å²) in [5.74, 6) is 0. The van der Waals surface area contributed by atoms with Gasteiger partial charge in [0.2, 0.25) is 0 Å². The molecule has 0 bridgehead atoms. The number of benzene rings is 1. The molecule has 0 spiro atoms. The molecule has 121 heavy (non-hydrogen) atoms. The SMILES string of the molecule is Cc1cc2c(cn1)n(Cc1cc3nc(Cl)ccc3n1CCCCF)c(=O)n2C1CC1.O=c1n(Cc2cc3nc(C(F)(F)F)ccc3n2CCCCF)c2cnccc2n1C1CC1.O=c1n(Cc2cc3nc(Cl)ccc3n2CCCC(F)(F)F)c2ccccc2n1C1CC1.O=c1n(Cc2cc3ncccc3n2CCCCF)c2cnccc2n1C1CC1. The second-order valence-electron chi connectivity index (χ2n) is 31.6. The number of halogens is 11. The highest BCUT2D eigenvalue weighted by molar-refractivity contribution is 6.30. The molecule has 0 unspecified atom stereocenters. The number of pyridine rings is 7. The second kappa shape index (κ2) is 34.2. The van der Waals surface area contributed by atoms with Gasteiger partial charge in [-0.05, 0) is 206 Å². The first-order valence-corrected chi connectivity index (χ1v) is 41.7. The number of para-hydroxylation sites is 2. The van der Waals surface area contributed by atoms with Crippen LogP contribution in [0.1, 0.15) is 161 Å². The van der Waals surface area contributed by atoms with E-state index in [0.717, 1.165) is 154 Å². The molecule has 0 N–H and O–H groups in total. The summed E-state index contributed by atoms with van der Waals surface area (Å²) in [4.78, 5) is 82.8. The van der Waals surface area contributed by atoms with Gasteiger partial charge in [0.15, 0.2) is 0 Å². The Morgan fingerprint density at radius 1 is 0.355 bits per heavy atom. The van der Waals surface area contributed by atoms with Crippen LogP contribution >= 0.6 is 23.2 Å². The number of aryl methyl sites for hydroxylation is 5. The lowest BCUT2D eigenvalue weighted by atomic mass is 10.3. The van der Waals surface area contributed by atoms with Crippen LogP contribution in [0, 0.1) is 6.92 Å². The summed E-state index contributed by atoms with van der Waals surface area (Å²) >= 11 is 12.1. The molecule has 15 aromatic heterocycles. The third-order valence-electron chi connectivity index (χ3n) is 23.0. The molecular weight excluding hydrogens is 1620 g/mol. The van der Waals surface area contributed by atoms with Crippen molar-refractivity contribution in [2.75, 3.05) is 20.0 Å². The van der Waals surface area contributed by atoms with Crippen molar-refractivity contribution in [1.82, 2.24) is 89.7 Å². The molecule has 0 atom stereocenters. The highest BCUT2D eigenvalue weighted by Crippen LogP contribution is 2.41. The van der Waals surface area contributed by atoms with Crippen LogP contribution in [0.5, 0.6) is 0 Å². The Bertz CT molecular complexity index is 6790. The van der Waals surface area contributed by atoms with Crippen LogP contribution in [-0.4, -0.2) is 116 Å². The number of hydrogen-bond acceptors (Lipinski definition) is 11. The molecule has 34 heteroatoms. The van der Waals surface area contributed by atoms with Crippen molar-refractivity contribution in [3.8, 4) is 0 Å². The van der Waals surface area contributed by atoms with E-state index in [1.807, 2.05) is 103 Å². The van der Waals surface area contributed by atoms with Crippen LogP contribution in [0.4, 0.5) is 39.5 Å². The Morgan fingerprint density at radius 3 is 1.14 bits per heavy atom. The first kappa shape index (κ1) is 81.8. The molecule has 630 valence electrons. The van der Waals surface area contributed by atoms with E-state index < -0.39 is 31.1 Å². The fourth-order valence-corrected chi connectivity index (χ4v) is 17.0. The minimum atomic E-state index is -4.55. The number of alkyl halides is 9. The average Bonchev–Trinajstić information content (AvgIpc) is 1.61. The number of imidazole rings is 4. The Labute approximate surface area is 694 Å². The molecule has 0 saturated heterocycles. The Morgan fingerprint density at radius 2 is 0.719 bits per heavy atom. The minimum Gasteiger partial charge on any atom is -0.342 e. The zero-order valence-electron chi connectivity index (χ0n) is 66.1. The molecule has 0 radical (unpaired) electrons. The van der Waals surface area contributed by atoms with Crippen molar-refractivity contribution in [1.29, 1.82) is 0 Å². The van der Waals surface area contributed by atoms with Crippen molar-refractivity contribution < 1.29 is 39.5 Å². The number of rotatable bonds is 27. The van der Waals surface area contributed by atoms with Crippen LogP contribution in [-0.2, 0) is 58.5 Å². The number of fused-ring (bicyclic) bond motifs is 8. The average molecular weight is 1700 g/mol.